The first-order valence-corrected chi connectivity index (χ1v) is 8.45. The van der Waals surface area contributed by atoms with Gasteiger partial charge in [-0.2, -0.15) is 0 Å². The minimum absolute atomic E-state index is 0.0105. The lowest BCUT2D eigenvalue weighted by Crippen LogP contribution is -2.36. The lowest BCUT2D eigenvalue weighted by Gasteiger charge is -2.19. The van der Waals surface area contributed by atoms with Crippen LogP contribution in [0.3, 0.4) is 0 Å². The second-order valence-corrected chi connectivity index (χ2v) is 6.54. The first kappa shape index (κ1) is 16.6. The number of aryl methyl sites for hydroxylation is 1. The molecule has 1 heterocycles. The largest absolute Gasteiger partial charge is 0.355 e. The third-order valence-corrected chi connectivity index (χ3v) is 4.93. The average Bonchev–Trinajstić information content (AvgIpc) is 3.02. The van der Waals surface area contributed by atoms with Crippen LogP contribution >= 0.6 is 11.3 Å². The predicted molar refractivity (Wildman–Crippen MR) is 90.7 cm³/mol. The minimum atomic E-state index is -0.284. The van der Waals surface area contributed by atoms with Crippen LogP contribution in [0.15, 0.2) is 36.5 Å². The summed E-state index contributed by atoms with van der Waals surface area (Å²) in [6.07, 6.45) is 3.69. The van der Waals surface area contributed by atoms with Crippen LogP contribution in [0.25, 0.3) is 0 Å². The zero-order valence-corrected chi connectivity index (χ0v) is 13.9. The van der Waals surface area contributed by atoms with Crippen molar-refractivity contribution in [2.24, 2.45) is 11.7 Å². The van der Waals surface area contributed by atoms with Crippen LogP contribution in [0.2, 0.25) is 0 Å². The van der Waals surface area contributed by atoms with Gasteiger partial charge >= 0.3 is 0 Å². The summed E-state index contributed by atoms with van der Waals surface area (Å²) in [5.41, 5.74) is 7.16. The van der Waals surface area contributed by atoms with Crippen molar-refractivity contribution in [2.75, 3.05) is 6.54 Å². The third-order valence-electron chi connectivity index (χ3n) is 3.72. The highest BCUT2D eigenvalue weighted by molar-refractivity contribution is 7.11. The highest BCUT2D eigenvalue weighted by atomic mass is 32.1. The van der Waals surface area contributed by atoms with E-state index in [9.17, 15) is 4.79 Å². The first-order chi connectivity index (χ1) is 10.6. The fourth-order valence-corrected chi connectivity index (χ4v) is 3.07. The maximum absolute atomic E-state index is 12.2. The first-order valence-electron chi connectivity index (χ1n) is 7.63. The number of hydrogen-bond donors (Lipinski definition) is 2. The maximum atomic E-state index is 12.2. The topological polar surface area (TPSA) is 68.0 Å². The summed E-state index contributed by atoms with van der Waals surface area (Å²) in [7, 11) is 0. The smallest absolute Gasteiger partial charge is 0.224 e. The molecule has 3 N–H and O–H groups in total. The highest BCUT2D eigenvalue weighted by Gasteiger charge is 2.21. The van der Waals surface area contributed by atoms with E-state index in [1.807, 2.05) is 43.5 Å². The van der Waals surface area contributed by atoms with E-state index >= 15 is 0 Å². The standard InChI is InChI=1S/C17H23N3OS/c1-3-14-11-20-15(22-14)9-10-19-17(21)12(2)16(18)13-7-5-4-6-8-13/h4-8,11-12,16H,3,9-10,18H2,1-2H3,(H,19,21). The third kappa shape index (κ3) is 4.39. The Bertz CT molecular complexity index is 597. The Balaban J connectivity index is 1.81. The molecule has 0 aliphatic heterocycles. The van der Waals surface area contributed by atoms with Crippen LogP contribution in [0, 0.1) is 5.92 Å². The van der Waals surface area contributed by atoms with E-state index in [2.05, 4.69) is 17.2 Å². The molecule has 0 aliphatic carbocycles. The predicted octanol–water partition coefficient (Wildman–Crippen LogP) is 2.70. The van der Waals surface area contributed by atoms with Crippen LogP contribution in [0.5, 0.6) is 0 Å². The number of aromatic nitrogens is 1. The van der Waals surface area contributed by atoms with Gasteiger partial charge in [-0.25, -0.2) is 4.98 Å². The van der Waals surface area contributed by atoms with Crippen LogP contribution < -0.4 is 11.1 Å². The Morgan fingerprint density at radius 2 is 2.09 bits per heavy atom. The van der Waals surface area contributed by atoms with Crippen molar-refractivity contribution in [1.82, 2.24) is 10.3 Å². The Labute approximate surface area is 135 Å². The van der Waals surface area contributed by atoms with Crippen molar-refractivity contribution in [3.05, 3.63) is 52.0 Å². The van der Waals surface area contributed by atoms with E-state index in [1.54, 1.807) is 11.3 Å². The van der Waals surface area contributed by atoms with Gasteiger partial charge in [-0.15, -0.1) is 11.3 Å². The molecule has 4 nitrogen and oxygen atoms in total. The average molecular weight is 317 g/mol. The van der Waals surface area contributed by atoms with Crippen LogP contribution in [-0.4, -0.2) is 17.4 Å². The van der Waals surface area contributed by atoms with E-state index < -0.39 is 0 Å². The van der Waals surface area contributed by atoms with Crippen molar-refractivity contribution in [3.8, 4) is 0 Å². The van der Waals surface area contributed by atoms with Gasteiger partial charge in [0.15, 0.2) is 0 Å². The number of benzene rings is 1. The summed E-state index contributed by atoms with van der Waals surface area (Å²) in [6, 6.07) is 9.44. The second-order valence-electron chi connectivity index (χ2n) is 5.34. The molecule has 5 heteroatoms. The van der Waals surface area contributed by atoms with Gasteiger partial charge < -0.3 is 11.1 Å². The number of nitrogens with one attached hydrogen (secondary N) is 1. The van der Waals surface area contributed by atoms with E-state index in [-0.39, 0.29) is 17.9 Å². The number of nitrogens with zero attached hydrogens (tertiary/aromatic N) is 1. The number of carbonyl (C=O) groups is 1. The van der Waals surface area contributed by atoms with Crippen molar-refractivity contribution < 1.29 is 4.79 Å². The van der Waals surface area contributed by atoms with Crippen molar-refractivity contribution in [2.45, 2.75) is 32.7 Å². The molecule has 2 rings (SSSR count). The summed E-state index contributed by atoms with van der Waals surface area (Å²) < 4.78 is 0. The summed E-state index contributed by atoms with van der Waals surface area (Å²) in [4.78, 5) is 17.8. The molecule has 118 valence electrons. The normalized spacial score (nSPS) is 13.6. The van der Waals surface area contributed by atoms with Crippen molar-refractivity contribution in [1.29, 1.82) is 0 Å². The molecule has 0 spiro atoms. The Hall–Kier alpha value is -1.72. The number of amides is 1. The summed E-state index contributed by atoms with van der Waals surface area (Å²) in [6.45, 7) is 4.58. The number of nitrogens with two attached hydrogens (primary N) is 1. The number of hydrogen-bond acceptors (Lipinski definition) is 4. The Kier molecular flexibility index (Phi) is 6.10. The zero-order valence-electron chi connectivity index (χ0n) is 13.1. The quantitative estimate of drug-likeness (QED) is 0.825. The fraction of sp³-hybridized carbons (Fsp3) is 0.412. The van der Waals surface area contributed by atoms with Gasteiger partial charge in [-0.05, 0) is 12.0 Å². The van der Waals surface area contributed by atoms with Crippen molar-refractivity contribution in [3.63, 3.8) is 0 Å². The Morgan fingerprint density at radius 3 is 2.73 bits per heavy atom. The fourth-order valence-electron chi connectivity index (χ4n) is 2.21. The van der Waals surface area contributed by atoms with E-state index in [0.29, 0.717) is 6.54 Å². The van der Waals surface area contributed by atoms with Gasteiger partial charge in [-0.1, -0.05) is 44.2 Å². The molecule has 1 amide bonds. The molecule has 0 saturated carbocycles. The van der Waals surface area contributed by atoms with Crippen LogP contribution in [-0.2, 0) is 17.6 Å². The lowest BCUT2D eigenvalue weighted by atomic mass is 9.95. The van der Waals surface area contributed by atoms with Gasteiger partial charge in [0.1, 0.15) is 0 Å². The van der Waals surface area contributed by atoms with Crippen LogP contribution in [0.1, 0.15) is 35.3 Å². The maximum Gasteiger partial charge on any atom is 0.224 e. The molecular weight excluding hydrogens is 294 g/mol. The Morgan fingerprint density at radius 1 is 1.36 bits per heavy atom. The van der Waals surface area contributed by atoms with E-state index in [1.165, 1.54) is 4.88 Å². The van der Waals surface area contributed by atoms with Gasteiger partial charge in [0.2, 0.25) is 5.91 Å². The van der Waals surface area contributed by atoms with E-state index in [0.717, 1.165) is 23.4 Å². The molecule has 0 saturated heterocycles. The number of rotatable bonds is 7. The molecule has 1 aromatic carbocycles. The highest BCUT2D eigenvalue weighted by Crippen LogP contribution is 2.19. The minimum Gasteiger partial charge on any atom is -0.355 e. The van der Waals surface area contributed by atoms with Gasteiger partial charge in [0.25, 0.3) is 0 Å². The summed E-state index contributed by atoms with van der Waals surface area (Å²) in [5.74, 6) is -0.270. The lowest BCUT2D eigenvalue weighted by molar-refractivity contribution is -0.125. The molecular formula is C17H23N3OS. The number of carbonyl (C=O) groups excluding carboxylic acids is 1. The summed E-state index contributed by atoms with van der Waals surface area (Å²) >= 11 is 1.71. The molecule has 0 aliphatic rings. The molecule has 2 atom stereocenters. The molecule has 1 aromatic heterocycles. The summed E-state index contributed by atoms with van der Waals surface area (Å²) in [5, 5.41) is 4.02. The van der Waals surface area contributed by atoms with Gasteiger partial charge in [-0.3, -0.25) is 4.79 Å². The molecule has 2 unspecified atom stereocenters. The van der Waals surface area contributed by atoms with Crippen molar-refractivity contribution >= 4 is 17.2 Å². The zero-order chi connectivity index (χ0) is 15.9. The molecule has 0 radical (unpaired) electrons. The van der Waals surface area contributed by atoms with Gasteiger partial charge in [0, 0.05) is 30.1 Å². The van der Waals surface area contributed by atoms with Crippen LogP contribution in [0.4, 0.5) is 0 Å². The monoisotopic (exact) mass is 317 g/mol. The van der Waals surface area contributed by atoms with E-state index in [4.69, 9.17) is 5.73 Å². The number of thiazole rings is 1. The van der Waals surface area contributed by atoms with Gasteiger partial charge in [0.05, 0.1) is 10.9 Å². The molecule has 0 fully saturated rings. The second kappa shape index (κ2) is 8.06. The molecule has 0 bridgehead atoms. The molecule has 2 aromatic rings. The molecule has 22 heavy (non-hydrogen) atoms. The SMILES string of the molecule is CCc1cnc(CCNC(=O)C(C)C(N)c2ccccc2)s1.